The highest BCUT2D eigenvalue weighted by Gasteiger charge is 2.34. The highest BCUT2D eigenvalue weighted by Crippen LogP contribution is 2.47. The molecule has 4 unspecified atom stereocenters. The predicted molar refractivity (Wildman–Crippen MR) is 77.8 cm³/mol. The van der Waals surface area contributed by atoms with Crippen LogP contribution in [0.25, 0.3) is 0 Å². The molecule has 0 aromatic heterocycles. The van der Waals surface area contributed by atoms with Crippen LogP contribution in [0.3, 0.4) is 0 Å². The fraction of sp³-hybridized carbons (Fsp3) is 0.667. The second kappa shape index (κ2) is 5.07. The molecule has 2 aliphatic rings. The molecule has 0 bridgehead atoms. The maximum absolute atomic E-state index is 2.45. The Kier molecular flexibility index (Phi) is 3.46. The van der Waals surface area contributed by atoms with Crippen LogP contribution in [-0.4, -0.2) is 0 Å². The third-order valence-corrected chi connectivity index (χ3v) is 5.42. The first-order chi connectivity index (χ1) is 8.72. The van der Waals surface area contributed by atoms with Gasteiger partial charge in [0.05, 0.1) is 0 Å². The molecule has 0 heterocycles. The fourth-order valence-corrected chi connectivity index (χ4v) is 4.27. The normalized spacial score (nSPS) is 36.1. The lowest BCUT2D eigenvalue weighted by Gasteiger charge is -2.41. The molecule has 1 aromatic rings. The lowest BCUT2D eigenvalue weighted by atomic mass is 9.64. The number of rotatable bonds is 1. The van der Waals surface area contributed by atoms with E-state index in [1.54, 1.807) is 5.56 Å². The van der Waals surface area contributed by atoms with Gasteiger partial charge in [0.2, 0.25) is 0 Å². The van der Waals surface area contributed by atoms with Crippen LogP contribution in [0.1, 0.15) is 62.5 Å². The van der Waals surface area contributed by atoms with Gasteiger partial charge in [0.25, 0.3) is 0 Å². The molecule has 0 N–H and O–H groups in total. The van der Waals surface area contributed by atoms with Crippen LogP contribution >= 0.6 is 0 Å². The third-order valence-electron chi connectivity index (χ3n) is 5.42. The Labute approximate surface area is 112 Å². The summed E-state index contributed by atoms with van der Waals surface area (Å²) >= 11 is 0. The Hall–Kier alpha value is -0.780. The summed E-state index contributed by atoms with van der Waals surface area (Å²) in [6, 6.07) is 9.30. The highest BCUT2D eigenvalue weighted by atomic mass is 14.4. The number of fused-ring (bicyclic) bond motifs is 1. The summed E-state index contributed by atoms with van der Waals surface area (Å²) < 4.78 is 0. The van der Waals surface area contributed by atoms with Gasteiger partial charge in [0, 0.05) is 0 Å². The standard InChI is InChI=1S/C18H26/c1-13-3-6-15(7-4-13)17-10-9-16-11-14(2)5-8-18(16)12-17/h3-4,6-7,14,16-18H,5,8-12H2,1-2H3. The molecule has 0 nitrogen and oxygen atoms in total. The molecule has 0 saturated heterocycles. The van der Waals surface area contributed by atoms with E-state index in [-0.39, 0.29) is 0 Å². The van der Waals surface area contributed by atoms with Crippen molar-refractivity contribution in [2.45, 2.75) is 58.3 Å². The van der Waals surface area contributed by atoms with Crippen LogP contribution in [0.5, 0.6) is 0 Å². The highest BCUT2D eigenvalue weighted by molar-refractivity contribution is 5.25. The Balaban J connectivity index is 1.68. The van der Waals surface area contributed by atoms with Crippen LogP contribution < -0.4 is 0 Å². The smallest absolute Gasteiger partial charge is 0.0159 e. The minimum absolute atomic E-state index is 0.847. The molecule has 0 amide bonds. The van der Waals surface area contributed by atoms with Gasteiger partial charge in [-0.25, -0.2) is 0 Å². The maximum Gasteiger partial charge on any atom is -0.0159 e. The first-order valence-electron chi connectivity index (χ1n) is 7.79. The molecule has 1 aromatic carbocycles. The van der Waals surface area contributed by atoms with Gasteiger partial charge in [-0.05, 0) is 68.3 Å². The molecule has 3 rings (SSSR count). The van der Waals surface area contributed by atoms with Crippen molar-refractivity contribution < 1.29 is 0 Å². The number of aryl methyl sites for hydroxylation is 1. The van der Waals surface area contributed by atoms with Crippen LogP contribution in [0.15, 0.2) is 24.3 Å². The van der Waals surface area contributed by atoms with Gasteiger partial charge in [0.1, 0.15) is 0 Å². The van der Waals surface area contributed by atoms with Gasteiger partial charge >= 0.3 is 0 Å². The number of hydrogen-bond donors (Lipinski definition) is 0. The van der Waals surface area contributed by atoms with E-state index in [4.69, 9.17) is 0 Å². The molecule has 2 fully saturated rings. The van der Waals surface area contributed by atoms with Crippen molar-refractivity contribution in [3.63, 3.8) is 0 Å². The Morgan fingerprint density at radius 1 is 0.833 bits per heavy atom. The zero-order chi connectivity index (χ0) is 12.5. The SMILES string of the molecule is Cc1ccc(C2CCC3CC(C)CCC3C2)cc1. The molecule has 0 aliphatic heterocycles. The van der Waals surface area contributed by atoms with Crippen molar-refractivity contribution in [2.75, 3.05) is 0 Å². The Morgan fingerprint density at radius 2 is 1.50 bits per heavy atom. The first-order valence-corrected chi connectivity index (χ1v) is 7.79. The molecule has 0 radical (unpaired) electrons. The van der Waals surface area contributed by atoms with Crippen LogP contribution in [0, 0.1) is 24.7 Å². The van der Waals surface area contributed by atoms with E-state index >= 15 is 0 Å². The minimum atomic E-state index is 0.847. The van der Waals surface area contributed by atoms with Crippen LogP contribution in [-0.2, 0) is 0 Å². The average molecular weight is 242 g/mol. The number of hydrogen-bond acceptors (Lipinski definition) is 0. The Bertz CT molecular complexity index is 389. The summed E-state index contributed by atoms with van der Waals surface area (Å²) in [5, 5.41) is 0. The second-order valence-electron chi connectivity index (χ2n) is 6.86. The molecule has 0 spiro atoms. The van der Waals surface area contributed by atoms with Crippen molar-refractivity contribution in [1.82, 2.24) is 0 Å². The fourth-order valence-electron chi connectivity index (χ4n) is 4.27. The van der Waals surface area contributed by atoms with Crippen LogP contribution in [0.2, 0.25) is 0 Å². The molecule has 4 atom stereocenters. The molecule has 98 valence electrons. The number of benzene rings is 1. The quantitative estimate of drug-likeness (QED) is 0.625. The van der Waals surface area contributed by atoms with Gasteiger partial charge in [-0.1, -0.05) is 43.2 Å². The molecule has 18 heavy (non-hydrogen) atoms. The predicted octanol–water partition coefficient (Wildman–Crippen LogP) is 5.31. The van der Waals surface area contributed by atoms with Crippen molar-refractivity contribution in [3.05, 3.63) is 35.4 Å². The average Bonchev–Trinajstić information content (AvgIpc) is 2.39. The zero-order valence-corrected chi connectivity index (χ0v) is 11.9. The second-order valence-corrected chi connectivity index (χ2v) is 6.86. The molecular formula is C18H26. The van der Waals surface area contributed by atoms with Crippen molar-refractivity contribution in [2.24, 2.45) is 17.8 Å². The van der Waals surface area contributed by atoms with Crippen molar-refractivity contribution in [3.8, 4) is 0 Å². The maximum atomic E-state index is 2.45. The molecule has 2 saturated carbocycles. The summed E-state index contributed by atoms with van der Waals surface area (Å²) in [5.74, 6) is 3.92. The first kappa shape index (κ1) is 12.3. The van der Waals surface area contributed by atoms with Gasteiger partial charge in [-0.2, -0.15) is 0 Å². The molecule has 2 aliphatic carbocycles. The lowest BCUT2D eigenvalue weighted by Crippen LogP contribution is -2.29. The van der Waals surface area contributed by atoms with E-state index in [2.05, 4.69) is 38.1 Å². The minimum Gasteiger partial charge on any atom is -0.0625 e. The van der Waals surface area contributed by atoms with Crippen molar-refractivity contribution in [1.29, 1.82) is 0 Å². The monoisotopic (exact) mass is 242 g/mol. The summed E-state index contributed by atoms with van der Waals surface area (Å²) in [6.45, 7) is 4.63. The van der Waals surface area contributed by atoms with Gasteiger partial charge in [-0.3, -0.25) is 0 Å². The largest absolute Gasteiger partial charge is 0.0625 e. The topological polar surface area (TPSA) is 0 Å². The molecular weight excluding hydrogens is 216 g/mol. The Morgan fingerprint density at radius 3 is 2.28 bits per heavy atom. The van der Waals surface area contributed by atoms with Gasteiger partial charge < -0.3 is 0 Å². The van der Waals surface area contributed by atoms with E-state index in [9.17, 15) is 0 Å². The lowest BCUT2D eigenvalue weighted by molar-refractivity contribution is 0.124. The van der Waals surface area contributed by atoms with Crippen LogP contribution in [0.4, 0.5) is 0 Å². The molecule has 0 heteroatoms. The zero-order valence-electron chi connectivity index (χ0n) is 11.9. The van der Waals surface area contributed by atoms with E-state index < -0.39 is 0 Å². The summed E-state index contributed by atoms with van der Waals surface area (Å²) in [6.07, 6.45) is 8.84. The van der Waals surface area contributed by atoms with Gasteiger partial charge in [-0.15, -0.1) is 0 Å². The third kappa shape index (κ3) is 2.48. The van der Waals surface area contributed by atoms with E-state index in [1.165, 1.54) is 44.1 Å². The summed E-state index contributed by atoms with van der Waals surface area (Å²) in [7, 11) is 0. The van der Waals surface area contributed by atoms with E-state index in [1.807, 2.05) is 0 Å². The summed E-state index contributed by atoms with van der Waals surface area (Å²) in [5.41, 5.74) is 2.98. The van der Waals surface area contributed by atoms with E-state index in [0.717, 1.165) is 23.7 Å². The van der Waals surface area contributed by atoms with Crippen molar-refractivity contribution >= 4 is 0 Å². The summed E-state index contributed by atoms with van der Waals surface area (Å²) in [4.78, 5) is 0. The van der Waals surface area contributed by atoms with Gasteiger partial charge in [0.15, 0.2) is 0 Å². The van der Waals surface area contributed by atoms with E-state index in [0.29, 0.717) is 0 Å².